The molecule has 0 saturated carbocycles. The van der Waals surface area contributed by atoms with Crippen LogP contribution in [-0.2, 0) is 4.79 Å². The number of nitrogens with zero attached hydrogens (tertiary/aromatic N) is 1. The molecule has 0 bridgehead atoms. The van der Waals surface area contributed by atoms with Crippen molar-refractivity contribution in [2.75, 3.05) is 23.4 Å². The van der Waals surface area contributed by atoms with Gasteiger partial charge in [0.2, 0.25) is 5.91 Å². The van der Waals surface area contributed by atoms with Crippen LogP contribution in [0.5, 0.6) is 5.75 Å². The van der Waals surface area contributed by atoms with E-state index >= 15 is 0 Å². The van der Waals surface area contributed by atoms with E-state index < -0.39 is 5.41 Å². The molecular formula is C31H37N3O3S. The van der Waals surface area contributed by atoms with E-state index in [1.54, 1.807) is 29.2 Å². The number of ether oxygens (including phenoxy) is 1. The minimum atomic E-state index is -0.617. The fraction of sp³-hybridized carbons (Fsp3) is 0.323. The predicted molar refractivity (Wildman–Crippen MR) is 159 cm³/mol. The van der Waals surface area contributed by atoms with Gasteiger partial charge < -0.3 is 20.3 Å². The molecule has 0 aromatic heterocycles. The van der Waals surface area contributed by atoms with E-state index in [2.05, 4.69) is 16.7 Å². The summed E-state index contributed by atoms with van der Waals surface area (Å²) in [4.78, 5) is 27.6. The quantitative estimate of drug-likeness (QED) is 0.226. The second kappa shape index (κ2) is 13.2. The summed E-state index contributed by atoms with van der Waals surface area (Å²) < 4.78 is 5.93. The molecule has 38 heavy (non-hydrogen) atoms. The molecule has 0 unspecified atom stereocenters. The van der Waals surface area contributed by atoms with E-state index in [1.165, 1.54) is 0 Å². The highest BCUT2D eigenvalue weighted by molar-refractivity contribution is 7.80. The largest absolute Gasteiger partial charge is 0.493 e. The first kappa shape index (κ1) is 28.9. The number of amides is 2. The van der Waals surface area contributed by atoms with Crippen molar-refractivity contribution in [2.45, 2.75) is 47.5 Å². The predicted octanol–water partition coefficient (Wildman–Crippen LogP) is 6.67. The normalized spacial score (nSPS) is 11.0. The fourth-order valence-electron chi connectivity index (χ4n) is 4.01. The minimum Gasteiger partial charge on any atom is -0.493 e. The summed E-state index contributed by atoms with van der Waals surface area (Å²) in [6.07, 6.45) is 1.39. The van der Waals surface area contributed by atoms with Gasteiger partial charge in [-0.25, -0.2) is 0 Å². The number of benzene rings is 3. The molecule has 0 atom stereocenters. The third-order valence-corrected chi connectivity index (χ3v) is 6.61. The molecule has 0 aliphatic rings. The Balaban J connectivity index is 1.49. The zero-order valence-corrected chi connectivity index (χ0v) is 23.7. The van der Waals surface area contributed by atoms with E-state index in [9.17, 15) is 9.59 Å². The summed E-state index contributed by atoms with van der Waals surface area (Å²) in [5.41, 5.74) is 3.75. The van der Waals surface area contributed by atoms with Gasteiger partial charge in [0.05, 0.1) is 6.61 Å². The monoisotopic (exact) mass is 531 g/mol. The molecule has 3 aromatic rings. The van der Waals surface area contributed by atoms with E-state index in [-0.39, 0.29) is 16.9 Å². The van der Waals surface area contributed by atoms with Crippen molar-refractivity contribution in [3.05, 3.63) is 89.5 Å². The van der Waals surface area contributed by atoms with Crippen LogP contribution in [-0.4, -0.2) is 30.1 Å². The van der Waals surface area contributed by atoms with Crippen LogP contribution < -0.4 is 20.3 Å². The minimum absolute atomic E-state index is 0.0792. The highest BCUT2D eigenvalue weighted by Gasteiger charge is 2.28. The van der Waals surface area contributed by atoms with Crippen molar-refractivity contribution in [1.82, 2.24) is 5.32 Å². The third-order valence-electron chi connectivity index (χ3n) is 6.41. The van der Waals surface area contributed by atoms with Crippen molar-refractivity contribution in [1.29, 1.82) is 0 Å². The number of carbonyl (C=O) groups is 2. The van der Waals surface area contributed by atoms with Crippen molar-refractivity contribution in [2.24, 2.45) is 5.41 Å². The molecule has 0 spiro atoms. The Hall–Kier alpha value is -3.71. The van der Waals surface area contributed by atoms with E-state index in [1.807, 2.05) is 77.1 Å². The SMILES string of the molecule is CCN(C(=O)c1ccc(NC(=S)NC(=O)C(C)(C)CCCOc2cc(C)ccc2C)cc1)c1ccccc1. The second-order valence-corrected chi connectivity index (χ2v) is 10.4. The Bertz CT molecular complexity index is 1260. The highest BCUT2D eigenvalue weighted by Crippen LogP contribution is 2.24. The van der Waals surface area contributed by atoms with Crippen LogP contribution in [0.3, 0.4) is 0 Å². The van der Waals surface area contributed by atoms with Crippen molar-refractivity contribution in [3.8, 4) is 5.75 Å². The average Bonchev–Trinajstić information content (AvgIpc) is 2.90. The van der Waals surface area contributed by atoms with E-state index in [0.29, 0.717) is 30.8 Å². The lowest BCUT2D eigenvalue weighted by atomic mass is 9.87. The number of thiocarbonyl (C=S) groups is 1. The molecule has 3 rings (SSSR count). The Morgan fingerprint density at radius 3 is 2.32 bits per heavy atom. The summed E-state index contributed by atoms with van der Waals surface area (Å²) in [6, 6.07) is 22.8. The number of anilines is 2. The van der Waals surface area contributed by atoms with Crippen LogP contribution in [0.4, 0.5) is 11.4 Å². The number of hydrogen-bond acceptors (Lipinski definition) is 4. The lowest BCUT2D eigenvalue weighted by Gasteiger charge is -2.24. The molecule has 6 nitrogen and oxygen atoms in total. The zero-order chi connectivity index (χ0) is 27.7. The van der Waals surface area contributed by atoms with Gasteiger partial charge in [-0.2, -0.15) is 0 Å². The molecule has 0 aliphatic carbocycles. The van der Waals surface area contributed by atoms with Gasteiger partial charge in [-0.3, -0.25) is 9.59 Å². The van der Waals surface area contributed by atoms with Gasteiger partial charge in [0.1, 0.15) is 5.75 Å². The molecule has 0 heterocycles. The van der Waals surface area contributed by atoms with Gasteiger partial charge in [-0.15, -0.1) is 0 Å². The van der Waals surface area contributed by atoms with Gasteiger partial charge in [-0.05, 0) is 99.4 Å². The van der Waals surface area contributed by atoms with Crippen LogP contribution in [0.25, 0.3) is 0 Å². The van der Waals surface area contributed by atoms with Crippen LogP contribution in [0.1, 0.15) is 55.1 Å². The molecule has 3 aromatic carbocycles. The summed E-state index contributed by atoms with van der Waals surface area (Å²) in [5.74, 6) is 0.646. The number of para-hydroxylation sites is 1. The lowest BCUT2D eigenvalue weighted by molar-refractivity contribution is -0.128. The van der Waals surface area contributed by atoms with Crippen LogP contribution in [0, 0.1) is 19.3 Å². The van der Waals surface area contributed by atoms with Gasteiger partial charge in [0, 0.05) is 28.9 Å². The topological polar surface area (TPSA) is 70.7 Å². The first-order valence-corrected chi connectivity index (χ1v) is 13.3. The average molecular weight is 532 g/mol. The maximum absolute atomic E-state index is 13.0. The molecular weight excluding hydrogens is 494 g/mol. The van der Waals surface area contributed by atoms with E-state index in [0.717, 1.165) is 29.0 Å². The molecule has 7 heteroatoms. The van der Waals surface area contributed by atoms with Gasteiger partial charge in [0.15, 0.2) is 5.11 Å². The van der Waals surface area contributed by atoms with Gasteiger partial charge in [0.25, 0.3) is 5.91 Å². The van der Waals surface area contributed by atoms with Crippen molar-refractivity contribution < 1.29 is 14.3 Å². The maximum Gasteiger partial charge on any atom is 0.258 e. The first-order valence-electron chi connectivity index (χ1n) is 12.9. The van der Waals surface area contributed by atoms with Crippen molar-refractivity contribution in [3.63, 3.8) is 0 Å². The molecule has 2 N–H and O–H groups in total. The molecule has 0 fully saturated rings. The fourth-order valence-corrected chi connectivity index (χ4v) is 4.22. The Kier molecular flexibility index (Phi) is 10.0. The van der Waals surface area contributed by atoms with Crippen LogP contribution in [0.2, 0.25) is 0 Å². The highest BCUT2D eigenvalue weighted by atomic mass is 32.1. The maximum atomic E-state index is 13.0. The standard InChI is InChI=1S/C31H37N3O3S/c1-6-34(26-11-8-7-9-12-26)28(35)24-15-17-25(18-16-24)32-30(38)33-29(36)31(4,5)19-10-20-37-27-21-22(2)13-14-23(27)3/h7-9,11-18,21H,6,10,19-20H2,1-5H3,(H2,32,33,36,38). The molecule has 0 aliphatic heterocycles. The smallest absolute Gasteiger partial charge is 0.258 e. The number of carbonyl (C=O) groups excluding carboxylic acids is 2. The second-order valence-electron chi connectivity index (χ2n) is 9.98. The molecule has 0 saturated heterocycles. The van der Waals surface area contributed by atoms with Crippen molar-refractivity contribution >= 4 is 40.5 Å². The Labute approximate surface area is 231 Å². The number of aryl methyl sites for hydroxylation is 2. The Morgan fingerprint density at radius 2 is 1.66 bits per heavy atom. The lowest BCUT2D eigenvalue weighted by Crippen LogP contribution is -2.42. The number of hydrogen-bond donors (Lipinski definition) is 2. The molecule has 0 radical (unpaired) electrons. The van der Waals surface area contributed by atoms with Gasteiger partial charge >= 0.3 is 0 Å². The first-order chi connectivity index (χ1) is 18.1. The van der Waals surface area contributed by atoms with Crippen LogP contribution in [0.15, 0.2) is 72.8 Å². The van der Waals surface area contributed by atoms with Crippen LogP contribution >= 0.6 is 12.2 Å². The molecule has 2 amide bonds. The summed E-state index contributed by atoms with van der Waals surface area (Å²) in [5, 5.41) is 6.05. The van der Waals surface area contributed by atoms with Gasteiger partial charge in [-0.1, -0.05) is 44.2 Å². The van der Waals surface area contributed by atoms with E-state index in [4.69, 9.17) is 17.0 Å². The Morgan fingerprint density at radius 1 is 0.974 bits per heavy atom. The zero-order valence-electron chi connectivity index (χ0n) is 22.8. The summed E-state index contributed by atoms with van der Waals surface area (Å²) in [7, 11) is 0. The third kappa shape index (κ3) is 7.89. The number of rotatable bonds is 10. The number of nitrogens with one attached hydrogen (secondary N) is 2. The summed E-state index contributed by atoms with van der Waals surface area (Å²) in [6.45, 7) is 10.9. The summed E-state index contributed by atoms with van der Waals surface area (Å²) >= 11 is 5.37. The molecule has 200 valence electrons.